The van der Waals surface area contributed by atoms with Crippen molar-refractivity contribution in [1.29, 1.82) is 0 Å². The number of sulfonamides is 1. The molecule has 122 valence electrons. The van der Waals surface area contributed by atoms with Crippen LogP contribution in [0.2, 0.25) is 0 Å². The van der Waals surface area contributed by atoms with Crippen molar-refractivity contribution in [3.8, 4) is 0 Å². The summed E-state index contributed by atoms with van der Waals surface area (Å²) in [5.41, 5.74) is 0.784. The maximum atomic E-state index is 12.0. The van der Waals surface area contributed by atoms with Crippen molar-refractivity contribution in [2.45, 2.75) is 38.0 Å². The normalized spacial score (nSPS) is 11.9. The van der Waals surface area contributed by atoms with Gasteiger partial charge < -0.3 is 0 Å². The summed E-state index contributed by atoms with van der Waals surface area (Å²) in [6.07, 6.45) is 0.967. The Bertz CT molecular complexity index is 617. The molecule has 1 aromatic carbocycles. The van der Waals surface area contributed by atoms with Gasteiger partial charge in [-0.05, 0) is 24.1 Å². The number of hydrogen-bond acceptors (Lipinski definition) is 4. The molecule has 1 rings (SSSR count). The molecule has 5 nitrogen and oxygen atoms in total. The van der Waals surface area contributed by atoms with Gasteiger partial charge in [-0.15, -0.1) is 0 Å². The summed E-state index contributed by atoms with van der Waals surface area (Å²) in [6, 6.07) is 6.34. The number of benzene rings is 1. The quantitative estimate of drug-likeness (QED) is 0.686. The highest BCUT2D eigenvalue weighted by Crippen LogP contribution is 2.18. The molecule has 0 aromatic heterocycles. The van der Waals surface area contributed by atoms with Crippen molar-refractivity contribution in [1.82, 2.24) is 4.31 Å². The molecule has 0 amide bonds. The average Bonchev–Trinajstić information content (AvgIpc) is 2.51. The van der Waals surface area contributed by atoms with E-state index in [4.69, 9.17) is 0 Å². The fraction of sp³-hybridized carbons (Fsp3) is 0.500. The van der Waals surface area contributed by atoms with Crippen LogP contribution < -0.4 is 0 Å². The van der Waals surface area contributed by atoms with Crippen LogP contribution in [0.15, 0.2) is 29.2 Å². The van der Waals surface area contributed by atoms with Crippen LogP contribution in [0.1, 0.15) is 32.3 Å². The molecular formula is C16H23NO4S. The third-order valence-electron chi connectivity index (χ3n) is 3.62. The minimum atomic E-state index is -3.46. The standard InChI is InChI=1S/C16H23NO4S/c1-5-15(18)14(16(19)6-2)11-12-7-9-13(10-8-12)22(20,21)17(3)4/h7-10,14H,5-6,11H2,1-4H3. The van der Waals surface area contributed by atoms with Crippen molar-refractivity contribution in [2.24, 2.45) is 5.92 Å². The Morgan fingerprint density at radius 3 is 1.82 bits per heavy atom. The van der Waals surface area contributed by atoms with Crippen LogP contribution in [0, 0.1) is 5.92 Å². The number of carbonyl (C=O) groups is 2. The Balaban J connectivity index is 3.00. The van der Waals surface area contributed by atoms with Crippen LogP contribution in [0.3, 0.4) is 0 Å². The first-order chi connectivity index (χ1) is 10.2. The van der Waals surface area contributed by atoms with Crippen LogP contribution >= 0.6 is 0 Å². The molecule has 0 bridgehead atoms. The van der Waals surface area contributed by atoms with Gasteiger partial charge in [0.1, 0.15) is 11.6 Å². The van der Waals surface area contributed by atoms with Crippen molar-refractivity contribution in [3.05, 3.63) is 29.8 Å². The molecule has 0 aliphatic carbocycles. The lowest BCUT2D eigenvalue weighted by atomic mass is 9.89. The fourth-order valence-corrected chi connectivity index (χ4v) is 3.05. The van der Waals surface area contributed by atoms with Crippen molar-refractivity contribution in [3.63, 3.8) is 0 Å². The number of nitrogens with zero attached hydrogens (tertiary/aromatic N) is 1. The fourth-order valence-electron chi connectivity index (χ4n) is 2.14. The third kappa shape index (κ3) is 4.24. The molecule has 0 fully saturated rings. The van der Waals surface area contributed by atoms with E-state index in [1.54, 1.807) is 26.0 Å². The molecule has 0 aliphatic rings. The van der Waals surface area contributed by atoms with Gasteiger partial charge in [0.05, 0.1) is 10.8 Å². The van der Waals surface area contributed by atoms with Gasteiger partial charge in [0.2, 0.25) is 10.0 Å². The van der Waals surface area contributed by atoms with Gasteiger partial charge in [-0.1, -0.05) is 26.0 Å². The van der Waals surface area contributed by atoms with E-state index in [1.807, 2.05) is 0 Å². The first-order valence-corrected chi connectivity index (χ1v) is 8.74. The van der Waals surface area contributed by atoms with Gasteiger partial charge in [-0.3, -0.25) is 9.59 Å². The second-order valence-electron chi connectivity index (χ2n) is 5.33. The van der Waals surface area contributed by atoms with E-state index < -0.39 is 15.9 Å². The molecule has 0 N–H and O–H groups in total. The molecule has 6 heteroatoms. The van der Waals surface area contributed by atoms with E-state index in [-0.39, 0.29) is 16.5 Å². The van der Waals surface area contributed by atoms with E-state index in [2.05, 4.69) is 0 Å². The molecule has 0 spiro atoms. The minimum absolute atomic E-state index is 0.0724. The third-order valence-corrected chi connectivity index (χ3v) is 5.45. The van der Waals surface area contributed by atoms with Crippen molar-refractivity contribution >= 4 is 21.6 Å². The zero-order valence-electron chi connectivity index (χ0n) is 13.5. The van der Waals surface area contributed by atoms with Crippen LogP contribution in [0.4, 0.5) is 0 Å². The largest absolute Gasteiger partial charge is 0.299 e. The zero-order valence-corrected chi connectivity index (χ0v) is 14.3. The van der Waals surface area contributed by atoms with Gasteiger partial charge in [-0.25, -0.2) is 12.7 Å². The first-order valence-electron chi connectivity index (χ1n) is 7.30. The second-order valence-corrected chi connectivity index (χ2v) is 7.48. The highest BCUT2D eigenvalue weighted by Gasteiger charge is 2.24. The maximum Gasteiger partial charge on any atom is 0.242 e. The highest BCUT2D eigenvalue weighted by atomic mass is 32.2. The SMILES string of the molecule is CCC(=O)C(Cc1ccc(S(=O)(=O)N(C)C)cc1)C(=O)CC. The number of carbonyl (C=O) groups excluding carboxylic acids is 2. The van der Waals surface area contributed by atoms with Gasteiger partial charge in [-0.2, -0.15) is 0 Å². The monoisotopic (exact) mass is 325 g/mol. The summed E-state index contributed by atoms with van der Waals surface area (Å²) < 4.78 is 25.1. The summed E-state index contributed by atoms with van der Waals surface area (Å²) in [6.45, 7) is 3.48. The zero-order chi connectivity index (χ0) is 16.9. The van der Waals surface area contributed by atoms with E-state index in [1.165, 1.54) is 26.2 Å². The van der Waals surface area contributed by atoms with Crippen molar-refractivity contribution < 1.29 is 18.0 Å². The lowest BCUT2D eigenvalue weighted by Crippen LogP contribution is -2.25. The van der Waals surface area contributed by atoms with E-state index in [0.717, 1.165) is 9.87 Å². The Morgan fingerprint density at radius 1 is 1.00 bits per heavy atom. The Kier molecular flexibility index (Phi) is 6.44. The molecule has 0 saturated carbocycles. The lowest BCUT2D eigenvalue weighted by Gasteiger charge is -2.14. The van der Waals surface area contributed by atoms with Crippen LogP contribution in [0.5, 0.6) is 0 Å². The molecule has 0 saturated heterocycles. The molecule has 0 radical (unpaired) electrons. The summed E-state index contributed by atoms with van der Waals surface area (Å²) in [5.74, 6) is -0.778. The molecular weight excluding hydrogens is 302 g/mol. The smallest absolute Gasteiger partial charge is 0.242 e. The second kappa shape index (κ2) is 7.65. The van der Waals surface area contributed by atoms with E-state index in [9.17, 15) is 18.0 Å². The summed E-state index contributed by atoms with van der Waals surface area (Å²) in [5, 5.41) is 0. The van der Waals surface area contributed by atoms with E-state index in [0.29, 0.717) is 19.3 Å². The maximum absolute atomic E-state index is 12.0. The number of Topliss-reactive ketones (excluding diaryl/α,β-unsaturated/α-hetero) is 2. The van der Waals surface area contributed by atoms with Crippen LogP contribution in [-0.4, -0.2) is 38.4 Å². The van der Waals surface area contributed by atoms with E-state index >= 15 is 0 Å². The molecule has 0 aliphatic heterocycles. The molecule has 0 heterocycles. The van der Waals surface area contributed by atoms with Crippen LogP contribution in [0.25, 0.3) is 0 Å². The Hall–Kier alpha value is -1.53. The van der Waals surface area contributed by atoms with Gasteiger partial charge >= 0.3 is 0 Å². The first kappa shape index (κ1) is 18.5. The molecule has 0 atom stereocenters. The number of ketones is 2. The predicted octanol–water partition coefficient (Wildman–Crippen LogP) is 2.05. The minimum Gasteiger partial charge on any atom is -0.299 e. The molecule has 1 aromatic rings. The van der Waals surface area contributed by atoms with Gasteiger partial charge in [0.25, 0.3) is 0 Å². The molecule has 22 heavy (non-hydrogen) atoms. The Labute approximate surface area is 132 Å². The summed E-state index contributed by atoms with van der Waals surface area (Å²) in [7, 11) is -0.522. The van der Waals surface area contributed by atoms with Gasteiger partial charge in [0, 0.05) is 26.9 Å². The summed E-state index contributed by atoms with van der Waals surface area (Å²) in [4.78, 5) is 24.0. The topological polar surface area (TPSA) is 71.5 Å². The number of rotatable bonds is 8. The predicted molar refractivity (Wildman–Crippen MR) is 85.1 cm³/mol. The van der Waals surface area contributed by atoms with Gasteiger partial charge in [0.15, 0.2) is 0 Å². The lowest BCUT2D eigenvalue weighted by molar-refractivity contribution is -0.132. The highest BCUT2D eigenvalue weighted by molar-refractivity contribution is 7.89. The summed E-state index contributed by atoms with van der Waals surface area (Å²) >= 11 is 0. The average molecular weight is 325 g/mol. The number of hydrogen-bond donors (Lipinski definition) is 0. The van der Waals surface area contributed by atoms with Crippen LogP contribution in [-0.2, 0) is 26.0 Å². The Morgan fingerprint density at radius 2 is 1.45 bits per heavy atom. The van der Waals surface area contributed by atoms with Crippen molar-refractivity contribution in [2.75, 3.05) is 14.1 Å². The molecule has 0 unspecified atom stereocenters.